The van der Waals surface area contributed by atoms with Crippen LogP contribution in [0, 0.1) is 11.8 Å². The van der Waals surface area contributed by atoms with Crippen molar-refractivity contribution < 1.29 is 37.1 Å². The quantitative estimate of drug-likeness (QED) is 0.485. The second-order valence-electron chi connectivity index (χ2n) is 8.18. The SMILES string of the molecule is CCOC(=O)c1ccc(S(=O)(=O)N2CCC(C(=O)OCC(=O)NC(=O)NCC(C)C)CC2)cc1. The lowest BCUT2D eigenvalue weighted by Gasteiger charge is -2.30. The fraction of sp³-hybridized carbons (Fsp3) is 0.545. The van der Waals surface area contributed by atoms with E-state index in [4.69, 9.17) is 9.47 Å². The van der Waals surface area contributed by atoms with Crippen molar-refractivity contribution in [3.63, 3.8) is 0 Å². The number of rotatable bonds is 9. The molecule has 1 fully saturated rings. The highest BCUT2D eigenvalue weighted by Gasteiger charge is 2.33. The van der Waals surface area contributed by atoms with Crippen molar-refractivity contribution in [3.8, 4) is 0 Å². The maximum atomic E-state index is 12.9. The van der Waals surface area contributed by atoms with Gasteiger partial charge in [0.25, 0.3) is 5.91 Å². The van der Waals surface area contributed by atoms with E-state index in [1.807, 2.05) is 13.8 Å². The van der Waals surface area contributed by atoms with Crippen LogP contribution in [0.25, 0.3) is 0 Å². The predicted octanol–water partition coefficient (Wildman–Crippen LogP) is 1.29. The standard InChI is InChI=1S/C22H31N3O8S/c1-4-32-20(27)16-5-7-18(8-6-16)34(30,31)25-11-9-17(10-12-25)21(28)33-14-19(26)24-22(29)23-13-15(2)3/h5-8,15,17H,4,9-14H2,1-3H3,(H2,23,24,26,29). The molecule has 188 valence electrons. The summed E-state index contributed by atoms with van der Waals surface area (Å²) >= 11 is 0. The van der Waals surface area contributed by atoms with Gasteiger partial charge in [0, 0.05) is 19.6 Å². The molecule has 1 aliphatic rings. The lowest BCUT2D eigenvalue weighted by atomic mass is 9.98. The van der Waals surface area contributed by atoms with Gasteiger partial charge in [0.1, 0.15) is 0 Å². The average molecular weight is 498 g/mol. The van der Waals surface area contributed by atoms with Gasteiger partial charge in [0.15, 0.2) is 6.61 Å². The fourth-order valence-electron chi connectivity index (χ4n) is 3.22. The number of esters is 2. The number of piperidine rings is 1. The third kappa shape index (κ3) is 7.80. The van der Waals surface area contributed by atoms with Gasteiger partial charge in [-0.25, -0.2) is 18.0 Å². The van der Waals surface area contributed by atoms with Gasteiger partial charge in [-0.15, -0.1) is 0 Å². The number of ether oxygens (including phenoxy) is 2. The highest BCUT2D eigenvalue weighted by Crippen LogP contribution is 2.25. The van der Waals surface area contributed by atoms with Gasteiger partial charge in [0.05, 0.1) is 23.0 Å². The highest BCUT2D eigenvalue weighted by molar-refractivity contribution is 7.89. The Balaban J connectivity index is 1.82. The molecular weight excluding hydrogens is 466 g/mol. The van der Waals surface area contributed by atoms with Crippen molar-refractivity contribution in [2.24, 2.45) is 11.8 Å². The molecule has 0 unspecified atom stereocenters. The minimum absolute atomic E-state index is 0.0361. The summed E-state index contributed by atoms with van der Waals surface area (Å²) < 4.78 is 36.9. The number of urea groups is 1. The minimum Gasteiger partial charge on any atom is -0.462 e. The predicted molar refractivity (Wildman–Crippen MR) is 121 cm³/mol. The van der Waals surface area contributed by atoms with E-state index >= 15 is 0 Å². The first-order valence-corrected chi connectivity index (χ1v) is 12.5. The number of carbonyl (C=O) groups is 4. The Kier molecular flexibility index (Phi) is 9.99. The summed E-state index contributed by atoms with van der Waals surface area (Å²) in [5.74, 6) is -2.23. The molecule has 1 aromatic rings. The first-order valence-electron chi connectivity index (χ1n) is 11.1. The maximum absolute atomic E-state index is 12.9. The van der Waals surface area contributed by atoms with Gasteiger partial charge < -0.3 is 14.8 Å². The van der Waals surface area contributed by atoms with Crippen molar-refractivity contribution in [2.75, 3.05) is 32.8 Å². The summed E-state index contributed by atoms with van der Waals surface area (Å²) in [6, 6.07) is 4.81. The highest BCUT2D eigenvalue weighted by atomic mass is 32.2. The summed E-state index contributed by atoms with van der Waals surface area (Å²) in [6.07, 6.45) is 0.463. The average Bonchev–Trinajstić information content (AvgIpc) is 2.81. The number of nitrogens with zero attached hydrogens (tertiary/aromatic N) is 1. The lowest BCUT2D eigenvalue weighted by Crippen LogP contribution is -2.43. The Morgan fingerprint density at radius 2 is 1.68 bits per heavy atom. The summed E-state index contributed by atoms with van der Waals surface area (Å²) in [4.78, 5) is 47.4. The molecule has 1 aromatic carbocycles. The Morgan fingerprint density at radius 3 is 2.24 bits per heavy atom. The topological polar surface area (TPSA) is 148 Å². The van der Waals surface area contributed by atoms with E-state index in [1.165, 1.54) is 28.6 Å². The van der Waals surface area contributed by atoms with Crippen LogP contribution in [0.15, 0.2) is 29.2 Å². The third-order valence-electron chi connectivity index (χ3n) is 5.06. The number of benzene rings is 1. The van der Waals surface area contributed by atoms with Crippen LogP contribution in [0.5, 0.6) is 0 Å². The molecule has 1 aliphatic heterocycles. The number of sulfonamides is 1. The largest absolute Gasteiger partial charge is 0.462 e. The van der Waals surface area contributed by atoms with E-state index in [2.05, 4.69) is 10.6 Å². The van der Waals surface area contributed by atoms with Crippen LogP contribution < -0.4 is 10.6 Å². The molecule has 1 heterocycles. The van der Waals surface area contributed by atoms with E-state index in [0.29, 0.717) is 6.54 Å². The van der Waals surface area contributed by atoms with E-state index in [0.717, 1.165) is 0 Å². The molecule has 0 radical (unpaired) electrons. The zero-order valence-electron chi connectivity index (χ0n) is 19.5. The van der Waals surface area contributed by atoms with Crippen LogP contribution in [-0.2, 0) is 29.1 Å². The third-order valence-corrected chi connectivity index (χ3v) is 6.97. The molecule has 2 rings (SSSR count). The second kappa shape index (κ2) is 12.5. The number of amides is 3. The van der Waals surface area contributed by atoms with Crippen LogP contribution in [0.1, 0.15) is 44.0 Å². The summed E-state index contributed by atoms with van der Waals surface area (Å²) in [5.41, 5.74) is 0.253. The number of hydrogen-bond acceptors (Lipinski definition) is 8. The maximum Gasteiger partial charge on any atom is 0.338 e. The van der Waals surface area contributed by atoms with Crippen LogP contribution in [-0.4, -0.2) is 69.4 Å². The van der Waals surface area contributed by atoms with Crippen LogP contribution >= 0.6 is 0 Å². The number of nitrogens with one attached hydrogen (secondary N) is 2. The van der Waals surface area contributed by atoms with Crippen molar-refractivity contribution >= 4 is 33.9 Å². The number of hydrogen-bond donors (Lipinski definition) is 2. The Bertz CT molecular complexity index is 984. The van der Waals surface area contributed by atoms with Gasteiger partial charge in [-0.3, -0.25) is 14.9 Å². The molecule has 0 bridgehead atoms. The van der Waals surface area contributed by atoms with Crippen LogP contribution in [0.3, 0.4) is 0 Å². The molecule has 0 aromatic heterocycles. The van der Waals surface area contributed by atoms with Gasteiger partial charge >= 0.3 is 18.0 Å². The molecule has 0 saturated carbocycles. The zero-order chi connectivity index (χ0) is 25.3. The normalized spacial score (nSPS) is 14.9. The van der Waals surface area contributed by atoms with E-state index in [-0.39, 0.29) is 48.9 Å². The lowest BCUT2D eigenvalue weighted by molar-refractivity contribution is -0.153. The van der Waals surface area contributed by atoms with Crippen molar-refractivity contribution in [3.05, 3.63) is 29.8 Å². The molecule has 12 heteroatoms. The first-order chi connectivity index (χ1) is 16.0. The summed E-state index contributed by atoms with van der Waals surface area (Å²) in [7, 11) is -3.80. The smallest absolute Gasteiger partial charge is 0.338 e. The number of imide groups is 1. The Morgan fingerprint density at radius 1 is 1.06 bits per heavy atom. The molecule has 3 amide bonds. The zero-order valence-corrected chi connectivity index (χ0v) is 20.4. The van der Waals surface area contributed by atoms with Gasteiger partial charge in [-0.1, -0.05) is 13.8 Å². The summed E-state index contributed by atoms with van der Waals surface area (Å²) in [6.45, 7) is 5.71. The Hall–Kier alpha value is -2.99. The molecule has 0 aliphatic carbocycles. The van der Waals surface area contributed by atoms with Gasteiger partial charge in [-0.2, -0.15) is 4.31 Å². The van der Waals surface area contributed by atoms with Crippen molar-refractivity contribution in [2.45, 2.75) is 38.5 Å². The van der Waals surface area contributed by atoms with E-state index in [9.17, 15) is 27.6 Å². The van der Waals surface area contributed by atoms with Crippen LogP contribution in [0.4, 0.5) is 4.79 Å². The second-order valence-corrected chi connectivity index (χ2v) is 10.1. The first kappa shape index (κ1) is 27.3. The van der Waals surface area contributed by atoms with Gasteiger partial charge in [0.2, 0.25) is 10.0 Å². The minimum atomic E-state index is -3.80. The van der Waals surface area contributed by atoms with E-state index in [1.54, 1.807) is 6.92 Å². The van der Waals surface area contributed by atoms with Crippen molar-refractivity contribution in [1.29, 1.82) is 0 Å². The molecule has 1 saturated heterocycles. The van der Waals surface area contributed by atoms with E-state index < -0.39 is 46.4 Å². The molecule has 2 N–H and O–H groups in total. The van der Waals surface area contributed by atoms with Crippen molar-refractivity contribution in [1.82, 2.24) is 14.9 Å². The fourth-order valence-corrected chi connectivity index (χ4v) is 4.69. The number of carbonyl (C=O) groups excluding carboxylic acids is 4. The summed E-state index contributed by atoms with van der Waals surface area (Å²) in [5, 5.41) is 4.59. The molecule has 0 spiro atoms. The van der Waals surface area contributed by atoms with Crippen LogP contribution in [0.2, 0.25) is 0 Å². The van der Waals surface area contributed by atoms with Gasteiger partial charge in [-0.05, 0) is 49.9 Å². The monoisotopic (exact) mass is 497 g/mol. The molecule has 34 heavy (non-hydrogen) atoms. The molecular formula is C22H31N3O8S. The Labute approximate surface area is 199 Å². The molecule has 0 atom stereocenters. The molecule has 11 nitrogen and oxygen atoms in total.